The van der Waals surface area contributed by atoms with Crippen molar-refractivity contribution in [2.24, 2.45) is 0 Å². The van der Waals surface area contributed by atoms with E-state index < -0.39 is 76.6 Å². The third-order valence-corrected chi connectivity index (χ3v) is 7.62. The van der Waals surface area contributed by atoms with E-state index in [1.54, 1.807) is 0 Å². The number of ketones is 1. The quantitative estimate of drug-likeness (QED) is 0.0755. The molecule has 4 aromatic carbocycles. The largest absolute Gasteiger partial charge is 0.494 e. The average molecular weight is 717 g/mol. The SMILES string of the molecule is O=C(O)CCCOc1ccc(C[C@](CC(=O)c2ccc(F)c(C(F)(F)F)c2)(c2ccc(F)cc2)c2cc(F)cc(OC(F)(F)C(F)F)c2)cc1. The van der Waals surface area contributed by atoms with Crippen molar-refractivity contribution < 1.29 is 68.1 Å². The molecule has 0 fully saturated rings. The van der Waals surface area contributed by atoms with Crippen LogP contribution in [0.2, 0.25) is 0 Å². The van der Waals surface area contributed by atoms with E-state index in [1.807, 2.05) is 0 Å². The predicted molar refractivity (Wildman–Crippen MR) is 158 cm³/mol. The topological polar surface area (TPSA) is 72.8 Å². The number of Topliss-reactive ketones (excluding diaryl/α,β-unsaturated/α-hetero) is 1. The molecule has 1 atom stereocenters. The van der Waals surface area contributed by atoms with E-state index in [4.69, 9.17) is 9.84 Å². The van der Waals surface area contributed by atoms with E-state index >= 15 is 4.39 Å². The van der Waals surface area contributed by atoms with Gasteiger partial charge in [-0.25, -0.2) is 13.2 Å². The first-order valence-electron chi connectivity index (χ1n) is 14.7. The summed E-state index contributed by atoms with van der Waals surface area (Å²) >= 11 is 0. The van der Waals surface area contributed by atoms with Crippen molar-refractivity contribution in [2.75, 3.05) is 6.61 Å². The fourth-order valence-corrected chi connectivity index (χ4v) is 5.26. The number of hydrogen-bond acceptors (Lipinski definition) is 4. The molecule has 0 aliphatic carbocycles. The number of hydrogen-bond donors (Lipinski definition) is 1. The van der Waals surface area contributed by atoms with Crippen molar-refractivity contribution >= 4 is 11.8 Å². The third kappa shape index (κ3) is 9.33. The molecule has 5 nitrogen and oxygen atoms in total. The summed E-state index contributed by atoms with van der Waals surface area (Å²) in [6.07, 6.45) is -15.8. The second-order valence-corrected chi connectivity index (χ2v) is 11.2. The summed E-state index contributed by atoms with van der Waals surface area (Å²) in [6.45, 7) is 0.0343. The normalized spacial score (nSPS) is 13.2. The number of carbonyl (C=O) groups excluding carboxylic acids is 1. The van der Waals surface area contributed by atoms with Crippen molar-refractivity contribution in [3.8, 4) is 11.5 Å². The van der Waals surface area contributed by atoms with Crippen LogP contribution in [-0.2, 0) is 22.8 Å². The maximum Gasteiger partial charge on any atom is 0.461 e. The molecule has 4 aromatic rings. The summed E-state index contributed by atoms with van der Waals surface area (Å²) in [7, 11) is 0. The van der Waals surface area contributed by atoms with Crippen molar-refractivity contribution in [3.63, 3.8) is 0 Å². The molecule has 0 spiro atoms. The Morgan fingerprint density at radius 1 is 0.740 bits per heavy atom. The Morgan fingerprint density at radius 3 is 2.00 bits per heavy atom. The fraction of sp³-hybridized carbons (Fsp3) is 0.257. The smallest absolute Gasteiger partial charge is 0.461 e. The molecule has 0 aliphatic rings. The third-order valence-electron chi connectivity index (χ3n) is 7.62. The molecular weight excluding hydrogens is 690 g/mol. The van der Waals surface area contributed by atoms with Gasteiger partial charge in [0.1, 0.15) is 29.0 Å². The summed E-state index contributed by atoms with van der Waals surface area (Å²) in [5.41, 5.74) is -4.32. The molecule has 0 radical (unpaired) electrons. The molecule has 4 rings (SSSR count). The van der Waals surface area contributed by atoms with Gasteiger partial charge in [0.05, 0.1) is 12.2 Å². The molecule has 266 valence electrons. The van der Waals surface area contributed by atoms with E-state index in [1.165, 1.54) is 24.3 Å². The summed E-state index contributed by atoms with van der Waals surface area (Å²) < 4.78 is 147. The molecule has 1 N–H and O–H groups in total. The molecule has 0 aromatic heterocycles. The number of halogens is 10. The fourth-order valence-electron chi connectivity index (χ4n) is 5.26. The average Bonchev–Trinajstić information content (AvgIpc) is 3.02. The maximum absolute atomic E-state index is 15.1. The van der Waals surface area contributed by atoms with Gasteiger partial charge in [-0.05, 0) is 84.1 Å². The van der Waals surface area contributed by atoms with Gasteiger partial charge in [-0.2, -0.15) is 30.7 Å². The second kappa shape index (κ2) is 15.2. The van der Waals surface area contributed by atoms with Crippen LogP contribution < -0.4 is 9.47 Å². The Morgan fingerprint density at radius 2 is 1.40 bits per heavy atom. The zero-order valence-electron chi connectivity index (χ0n) is 25.6. The van der Waals surface area contributed by atoms with Crippen LogP contribution in [0.5, 0.6) is 11.5 Å². The number of ether oxygens (including phenoxy) is 2. The lowest BCUT2D eigenvalue weighted by Crippen LogP contribution is -2.35. The van der Waals surface area contributed by atoms with E-state index in [0.717, 1.165) is 42.5 Å². The number of carboxylic acid groups (broad SMARTS) is 1. The van der Waals surface area contributed by atoms with Gasteiger partial charge in [0.25, 0.3) is 0 Å². The van der Waals surface area contributed by atoms with Crippen LogP contribution in [0.3, 0.4) is 0 Å². The lowest BCUT2D eigenvalue weighted by atomic mass is 9.67. The van der Waals surface area contributed by atoms with Crippen LogP contribution in [0.25, 0.3) is 0 Å². The van der Waals surface area contributed by atoms with Gasteiger partial charge in [0, 0.05) is 29.9 Å². The minimum Gasteiger partial charge on any atom is -0.494 e. The zero-order valence-corrected chi connectivity index (χ0v) is 25.6. The van der Waals surface area contributed by atoms with Gasteiger partial charge in [0.15, 0.2) is 5.78 Å². The first kappa shape index (κ1) is 37.7. The molecule has 0 aliphatic heterocycles. The van der Waals surface area contributed by atoms with E-state index in [-0.39, 0.29) is 48.8 Å². The second-order valence-electron chi connectivity index (χ2n) is 11.2. The van der Waals surface area contributed by atoms with Gasteiger partial charge in [0.2, 0.25) is 0 Å². The Bertz CT molecular complexity index is 1810. The van der Waals surface area contributed by atoms with Crippen LogP contribution in [-0.4, -0.2) is 36.0 Å². The number of carboxylic acids is 1. The minimum absolute atomic E-state index is 0.0246. The molecule has 0 bridgehead atoms. The monoisotopic (exact) mass is 716 g/mol. The minimum atomic E-state index is -5.20. The number of aliphatic carboxylic acids is 1. The maximum atomic E-state index is 15.1. The molecule has 0 saturated carbocycles. The van der Waals surface area contributed by atoms with Crippen LogP contribution in [0.15, 0.2) is 84.9 Å². The van der Waals surface area contributed by atoms with Gasteiger partial charge in [-0.3, -0.25) is 9.59 Å². The Labute approximate surface area is 278 Å². The molecule has 0 amide bonds. The van der Waals surface area contributed by atoms with Crippen LogP contribution in [0, 0.1) is 17.5 Å². The molecule has 0 unspecified atom stereocenters. The lowest BCUT2D eigenvalue weighted by Gasteiger charge is -2.36. The van der Waals surface area contributed by atoms with Gasteiger partial charge in [-0.15, -0.1) is 0 Å². The standard InChI is InChI=1S/C35H26F10O5/c36-24-8-6-22(7-9-24)33(18-20-3-10-26(11-4-20)49-13-1-2-31(47)48,19-30(46)21-5-12-29(38)28(14-21)34(41,42)43)23-15-25(37)17-27(16-23)50-35(44,45)32(39)40/h3-12,14-17,32H,1-2,13,18-19H2,(H,47,48)/t33-/m0/s1. The van der Waals surface area contributed by atoms with Crippen molar-refractivity contribution in [1.29, 1.82) is 0 Å². The summed E-state index contributed by atoms with van der Waals surface area (Å²) in [6, 6.07) is 13.4. The number of benzene rings is 4. The molecule has 50 heavy (non-hydrogen) atoms. The summed E-state index contributed by atoms with van der Waals surface area (Å²) in [5, 5.41) is 8.80. The van der Waals surface area contributed by atoms with E-state index in [2.05, 4.69) is 4.74 Å². The Kier molecular flexibility index (Phi) is 11.5. The first-order chi connectivity index (χ1) is 23.4. The molecule has 0 heterocycles. The summed E-state index contributed by atoms with van der Waals surface area (Å²) in [5.74, 6) is -6.63. The molecule has 15 heteroatoms. The predicted octanol–water partition coefficient (Wildman–Crippen LogP) is 9.40. The Balaban J connectivity index is 1.88. The highest BCUT2D eigenvalue weighted by Crippen LogP contribution is 2.43. The summed E-state index contributed by atoms with van der Waals surface area (Å²) in [4.78, 5) is 24.6. The number of rotatable bonds is 15. The van der Waals surface area contributed by atoms with Gasteiger partial charge in [-0.1, -0.05) is 24.3 Å². The first-order valence-corrected chi connectivity index (χ1v) is 14.7. The van der Waals surface area contributed by atoms with Crippen LogP contribution in [0.1, 0.15) is 51.9 Å². The van der Waals surface area contributed by atoms with Gasteiger partial charge >= 0.3 is 24.7 Å². The highest BCUT2D eigenvalue weighted by Gasteiger charge is 2.45. The van der Waals surface area contributed by atoms with Gasteiger partial charge < -0.3 is 14.6 Å². The number of alkyl halides is 7. The van der Waals surface area contributed by atoms with Crippen LogP contribution >= 0.6 is 0 Å². The van der Waals surface area contributed by atoms with E-state index in [9.17, 15) is 49.1 Å². The van der Waals surface area contributed by atoms with Crippen molar-refractivity contribution in [3.05, 3.63) is 130 Å². The highest BCUT2D eigenvalue weighted by atomic mass is 19.4. The Hall–Kier alpha value is -5.08. The molecular formula is C35H26F10O5. The zero-order chi connectivity index (χ0) is 36.9. The molecule has 0 saturated heterocycles. The highest BCUT2D eigenvalue weighted by molar-refractivity contribution is 5.97. The van der Waals surface area contributed by atoms with Crippen molar-refractivity contribution in [2.45, 2.75) is 49.8 Å². The number of carbonyl (C=O) groups is 2. The van der Waals surface area contributed by atoms with Crippen LogP contribution in [0.4, 0.5) is 43.9 Å². The van der Waals surface area contributed by atoms with Crippen molar-refractivity contribution in [1.82, 2.24) is 0 Å². The lowest BCUT2D eigenvalue weighted by molar-refractivity contribution is -0.253. The van der Waals surface area contributed by atoms with E-state index in [0.29, 0.717) is 17.7 Å².